The Labute approximate surface area is 178 Å². The van der Waals surface area contributed by atoms with Gasteiger partial charge in [0.15, 0.2) is 18.1 Å². The zero-order valence-corrected chi connectivity index (χ0v) is 17.0. The number of hydrogen-bond acceptors (Lipinski definition) is 6. The molecule has 0 unspecified atom stereocenters. The number of carbonyl (C=O) groups is 3. The molecule has 3 rings (SSSR count). The Morgan fingerprint density at radius 3 is 2.55 bits per heavy atom. The lowest BCUT2D eigenvalue weighted by molar-refractivity contribution is -0.145. The van der Waals surface area contributed by atoms with Crippen molar-refractivity contribution in [1.82, 2.24) is 10.2 Å². The molecule has 162 valence electrons. The number of hydrogen-bond donors (Lipinski definition) is 1. The summed E-state index contributed by atoms with van der Waals surface area (Å²) < 4.78 is 28.6. The Bertz CT molecular complexity index is 1020. The molecule has 2 aromatic rings. The van der Waals surface area contributed by atoms with E-state index in [4.69, 9.17) is 14.2 Å². The minimum absolute atomic E-state index is 0.0201. The maximum Gasteiger partial charge on any atom is 0.344 e. The predicted octanol–water partition coefficient (Wildman–Crippen LogP) is 2.87. The van der Waals surface area contributed by atoms with E-state index in [0.29, 0.717) is 22.6 Å². The average Bonchev–Trinajstić information content (AvgIpc) is 3.01. The molecular weight excluding hydrogens is 407 g/mol. The standard InChI is InChI=1S/C22H21FN2O6/c1-3-30-20(26)13-31-18-9-6-15(11-19(18)29-2)10-17-21(27)25(22(28)24-17)12-14-4-7-16(23)8-5-14/h4-11H,3,12-13H2,1-2H3,(H,24,28)/b17-10-. The van der Waals surface area contributed by atoms with E-state index in [1.54, 1.807) is 25.1 Å². The monoisotopic (exact) mass is 428 g/mol. The molecule has 0 atom stereocenters. The van der Waals surface area contributed by atoms with E-state index in [1.807, 2.05) is 0 Å². The first-order valence-corrected chi connectivity index (χ1v) is 9.46. The predicted molar refractivity (Wildman–Crippen MR) is 109 cm³/mol. The summed E-state index contributed by atoms with van der Waals surface area (Å²) in [7, 11) is 1.44. The lowest BCUT2D eigenvalue weighted by Gasteiger charge is -2.12. The summed E-state index contributed by atoms with van der Waals surface area (Å²) in [6, 6.07) is 9.83. The van der Waals surface area contributed by atoms with Gasteiger partial charge in [-0.15, -0.1) is 0 Å². The largest absolute Gasteiger partial charge is 0.493 e. The van der Waals surface area contributed by atoms with Gasteiger partial charge in [-0.1, -0.05) is 18.2 Å². The third-order valence-electron chi connectivity index (χ3n) is 4.37. The van der Waals surface area contributed by atoms with Gasteiger partial charge in [-0.05, 0) is 48.4 Å². The Hall–Kier alpha value is -3.88. The van der Waals surface area contributed by atoms with Crippen molar-refractivity contribution < 1.29 is 33.0 Å². The molecule has 8 nitrogen and oxygen atoms in total. The van der Waals surface area contributed by atoms with E-state index in [9.17, 15) is 18.8 Å². The quantitative estimate of drug-likeness (QED) is 0.395. The van der Waals surface area contributed by atoms with Gasteiger partial charge in [0.05, 0.1) is 20.3 Å². The molecule has 31 heavy (non-hydrogen) atoms. The molecular formula is C22H21FN2O6. The number of methoxy groups -OCH3 is 1. The molecule has 1 heterocycles. The number of nitrogens with zero attached hydrogens (tertiary/aromatic N) is 1. The van der Waals surface area contributed by atoms with Gasteiger partial charge in [-0.25, -0.2) is 14.0 Å². The summed E-state index contributed by atoms with van der Waals surface area (Å²) in [5.74, 6) is -0.728. The first-order valence-electron chi connectivity index (χ1n) is 9.46. The van der Waals surface area contributed by atoms with Crippen LogP contribution >= 0.6 is 0 Å². The Morgan fingerprint density at radius 1 is 1.13 bits per heavy atom. The van der Waals surface area contributed by atoms with Crippen molar-refractivity contribution in [2.75, 3.05) is 20.3 Å². The lowest BCUT2D eigenvalue weighted by atomic mass is 10.1. The summed E-state index contributed by atoms with van der Waals surface area (Å²) in [5, 5.41) is 2.53. The van der Waals surface area contributed by atoms with Gasteiger partial charge in [0.1, 0.15) is 11.5 Å². The van der Waals surface area contributed by atoms with Gasteiger partial charge < -0.3 is 19.5 Å². The van der Waals surface area contributed by atoms with Gasteiger partial charge in [0, 0.05) is 0 Å². The van der Waals surface area contributed by atoms with Crippen LogP contribution in [-0.2, 0) is 20.9 Å². The van der Waals surface area contributed by atoms with Crippen LogP contribution < -0.4 is 14.8 Å². The van der Waals surface area contributed by atoms with E-state index >= 15 is 0 Å². The molecule has 1 fully saturated rings. The number of esters is 1. The molecule has 3 amide bonds. The Balaban J connectivity index is 1.73. The minimum atomic E-state index is -0.568. The van der Waals surface area contributed by atoms with Gasteiger partial charge in [-0.2, -0.15) is 0 Å². The number of amides is 3. The average molecular weight is 428 g/mol. The second-order valence-corrected chi connectivity index (χ2v) is 6.51. The van der Waals surface area contributed by atoms with Crippen molar-refractivity contribution in [3.05, 3.63) is 65.1 Å². The molecule has 1 aliphatic rings. The smallest absolute Gasteiger partial charge is 0.344 e. The number of benzene rings is 2. The van der Waals surface area contributed by atoms with Crippen LogP contribution in [0.4, 0.5) is 9.18 Å². The fourth-order valence-corrected chi connectivity index (χ4v) is 2.89. The van der Waals surface area contributed by atoms with E-state index in [2.05, 4.69) is 5.32 Å². The fourth-order valence-electron chi connectivity index (χ4n) is 2.89. The van der Waals surface area contributed by atoms with Gasteiger partial charge in [-0.3, -0.25) is 9.69 Å². The summed E-state index contributed by atoms with van der Waals surface area (Å²) in [6.07, 6.45) is 1.50. The summed E-state index contributed by atoms with van der Waals surface area (Å²) >= 11 is 0. The summed E-state index contributed by atoms with van der Waals surface area (Å²) in [6.45, 7) is 1.71. The number of ether oxygens (including phenoxy) is 3. The van der Waals surface area contributed by atoms with Crippen molar-refractivity contribution in [3.8, 4) is 11.5 Å². The highest BCUT2D eigenvalue weighted by molar-refractivity contribution is 6.13. The number of carbonyl (C=O) groups excluding carboxylic acids is 3. The molecule has 1 aliphatic heterocycles. The third-order valence-corrected chi connectivity index (χ3v) is 4.37. The zero-order valence-electron chi connectivity index (χ0n) is 17.0. The highest BCUT2D eigenvalue weighted by atomic mass is 19.1. The number of imide groups is 1. The molecule has 0 saturated carbocycles. The second kappa shape index (κ2) is 9.75. The molecule has 2 aromatic carbocycles. The van der Waals surface area contributed by atoms with Crippen molar-refractivity contribution >= 4 is 24.0 Å². The molecule has 1 saturated heterocycles. The van der Waals surface area contributed by atoms with E-state index in [-0.39, 0.29) is 25.5 Å². The number of halogens is 1. The maximum absolute atomic E-state index is 13.1. The van der Waals surface area contributed by atoms with Crippen LogP contribution in [-0.4, -0.2) is 43.1 Å². The van der Waals surface area contributed by atoms with Crippen LogP contribution in [0.1, 0.15) is 18.1 Å². The van der Waals surface area contributed by atoms with Crippen LogP contribution in [0.25, 0.3) is 6.08 Å². The molecule has 0 radical (unpaired) electrons. The highest BCUT2D eigenvalue weighted by Gasteiger charge is 2.33. The SMILES string of the molecule is CCOC(=O)COc1ccc(/C=C2\NC(=O)N(Cc3ccc(F)cc3)C2=O)cc1OC. The molecule has 0 aliphatic carbocycles. The molecule has 9 heteroatoms. The first kappa shape index (κ1) is 21.8. The van der Waals surface area contributed by atoms with Crippen molar-refractivity contribution in [2.45, 2.75) is 13.5 Å². The van der Waals surface area contributed by atoms with Crippen LogP contribution in [0.2, 0.25) is 0 Å². The number of rotatable bonds is 8. The van der Waals surface area contributed by atoms with Crippen LogP contribution in [0.15, 0.2) is 48.2 Å². The number of nitrogens with one attached hydrogen (secondary N) is 1. The normalized spacial score (nSPS) is 14.5. The molecule has 0 aromatic heterocycles. The zero-order chi connectivity index (χ0) is 22.4. The molecule has 0 spiro atoms. The Kier molecular flexibility index (Phi) is 6.86. The van der Waals surface area contributed by atoms with Gasteiger partial charge in [0.2, 0.25) is 0 Å². The van der Waals surface area contributed by atoms with Crippen molar-refractivity contribution in [2.24, 2.45) is 0 Å². The number of urea groups is 1. The Morgan fingerprint density at radius 2 is 1.87 bits per heavy atom. The topological polar surface area (TPSA) is 94.2 Å². The first-order chi connectivity index (χ1) is 14.9. The van der Waals surface area contributed by atoms with Crippen LogP contribution in [0.3, 0.4) is 0 Å². The van der Waals surface area contributed by atoms with Gasteiger partial charge in [0.25, 0.3) is 5.91 Å². The molecule has 1 N–H and O–H groups in total. The van der Waals surface area contributed by atoms with E-state index in [1.165, 1.54) is 37.5 Å². The maximum atomic E-state index is 13.1. The van der Waals surface area contributed by atoms with Crippen molar-refractivity contribution in [1.29, 1.82) is 0 Å². The summed E-state index contributed by atoms with van der Waals surface area (Å²) in [5.41, 5.74) is 1.29. The van der Waals surface area contributed by atoms with E-state index in [0.717, 1.165) is 4.90 Å². The van der Waals surface area contributed by atoms with Gasteiger partial charge >= 0.3 is 12.0 Å². The lowest BCUT2D eigenvalue weighted by Crippen LogP contribution is -2.30. The molecule has 0 bridgehead atoms. The second-order valence-electron chi connectivity index (χ2n) is 6.51. The van der Waals surface area contributed by atoms with E-state index < -0.39 is 23.7 Å². The van der Waals surface area contributed by atoms with Crippen molar-refractivity contribution in [3.63, 3.8) is 0 Å². The minimum Gasteiger partial charge on any atom is -0.493 e. The summed E-state index contributed by atoms with van der Waals surface area (Å²) in [4.78, 5) is 37.4. The van der Waals surface area contributed by atoms with Crippen LogP contribution in [0.5, 0.6) is 11.5 Å². The fraction of sp³-hybridized carbons (Fsp3) is 0.227. The van der Waals surface area contributed by atoms with Crippen LogP contribution in [0, 0.1) is 5.82 Å². The third kappa shape index (κ3) is 5.39. The highest BCUT2D eigenvalue weighted by Crippen LogP contribution is 2.29.